The summed E-state index contributed by atoms with van der Waals surface area (Å²) in [5, 5.41) is 3.02. The minimum Gasteiger partial charge on any atom is -0.349 e. The molecule has 2 aliphatic carbocycles. The number of benzene rings is 1. The van der Waals surface area contributed by atoms with Crippen LogP contribution in [0.1, 0.15) is 36.0 Å². The molecule has 2 aliphatic rings. The summed E-state index contributed by atoms with van der Waals surface area (Å²) in [6.45, 7) is 0. The molecule has 0 radical (unpaired) electrons. The Morgan fingerprint density at radius 3 is 2.70 bits per heavy atom. The fourth-order valence-electron chi connectivity index (χ4n) is 3.78. The van der Waals surface area contributed by atoms with Crippen LogP contribution in [0.2, 0.25) is 0 Å². The third kappa shape index (κ3) is 2.37. The summed E-state index contributed by atoms with van der Waals surface area (Å²) >= 11 is 0. The Labute approximate surface area is 139 Å². The van der Waals surface area contributed by atoms with E-state index in [0.717, 1.165) is 25.7 Å². The Kier molecular flexibility index (Phi) is 3.98. The van der Waals surface area contributed by atoms with Gasteiger partial charge in [-0.1, -0.05) is 6.42 Å². The number of carbonyl (C=O) groups excluding carboxylic acids is 1. The van der Waals surface area contributed by atoms with Gasteiger partial charge in [0.15, 0.2) is 0 Å². The lowest BCUT2D eigenvalue weighted by Gasteiger charge is -2.60. The van der Waals surface area contributed by atoms with Crippen LogP contribution in [0.5, 0.6) is 0 Å². The number of nitrogens with two attached hydrogens (primary N) is 1. The van der Waals surface area contributed by atoms with Gasteiger partial charge in [-0.25, -0.2) is 4.39 Å². The van der Waals surface area contributed by atoms with Crippen molar-refractivity contribution < 1.29 is 9.18 Å². The highest BCUT2D eigenvalue weighted by molar-refractivity contribution is 6.04. The minimum absolute atomic E-state index is 0. The van der Waals surface area contributed by atoms with Crippen LogP contribution in [0, 0.1) is 11.2 Å². The third-order valence-electron chi connectivity index (χ3n) is 5.29. The number of amides is 1. The molecule has 1 amide bonds. The van der Waals surface area contributed by atoms with Crippen molar-refractivity contribution in [1.82, 2.24) is 15.3 Å². The van der Waals surface area contributed by atoms with Gasteiger partial charge in [0.1, 0.15) is 11.3 Å². The second-order valence-electron chi connectivity index (χ2n) is 6.33. The van der Waals surface area contributed by atoms with Gasteiger partial charge >= 0.3 is 0 Å². The molecule has 5 nitrogen and oxygen atoms in total. The van der Waals surface area contributed by atoms with Gasteiger partial charge in [-0.3, -0.25) is 14.8 Å². The van der Waals surface area contributed by atoms with E-state index in [0.29, 0.717) is 11.0 Å². The number of nitrogens with one attached hydrogen (secondary N) is 1. The average Bonchev–Trinajstić information content (AvgIpc) is 2.43. The normalized spacial score (nSPS) is 24.4. The van der Waals surface area contributed by atoms with Crippen LogP contribution in [0.25, 0.3) is 11.0 Å². The van der Waals surface area contributed by atoms with E-state index in [9.17, 15) is 9.18 Å². The van der Waals surface area contributed by atoms with E-state index in [-0.39, 0.29) is 41.4 Å². The first kappa shape index (κ1) is 16.1. The quantitative estimate of drug-likeness (QED) is 0.881. The molecule has 0 bridgehead atoms. The number of aromatic nitrogens is 2. The highest BCUT2D eigenvalue weighted by Crippen LogP contribution is 2.55. The van der Waals surface area contributed by atoms with E-state index in [2.05, 4.69) is 15.3 Å². The number of hydrogen-bond donors (Lipinski definition) is 2. The molecule has 2 atom stereocenters. The Hall–Kier alpha value is -1.79. The SMILES string of the molecule is Cl.NC1CC(NC(=O)c2cc(F)cc3nccnc23)C12CCC2. The summed E-state index contributed by atoms with van der Waals surface area (Å²) in [5.41, 5.74) is 7.21. The molecule has 1 aromatic carbocycles. The molecule has 3 N–H and O–H groups in total. The average molecular weight is 337 g/mol. The van der Waals surface area contributed by atoms with Crippen LogP contribution in [0.15, 0.2) is 24.5 Å². The van der Waals surface area contributed by atoms with Crippen LogP contribution < -0.4 is 11.1 Å². The van der Waals surface area contributed by atoms with Gasteiger partial charge in [0.05, 0.1) is 11.1 Å². The van der Waals surface area contributed by atoms with Crippen molar-refractivity contribution in [2.75, 3.05) is 0 Å². The summed E-state index contributed by atoms with van der Waals surface area (Å²) in [6, 6.07) is 2.75. The number of fused-ring (bicyclic) bond motifs is 1. The van der Waals surface area contributed by atoms with Crippen molar-refractivity contribution in [3.05, 3.63) is 35.9 Å². The van der Waals surface area contributed by atoms with Gasteiger partial charge < -0.3 is 11.1 Å². The highest BCUT2D eigenvalue weighted by Gasteiger charge is 2.57. The van der Waals surface area contributed by atoms with Gasteiger partial charge in [0.2, 0.25) is 0 Å². The van der Waals surface area contributed by atoms with E-state index >= 15 is 0 Å². The number of rotatable bonds is 2. The highest BCUT2D eigenvalue weighted by atomic mass is 35.5. The third-order valence-corrected chi connectivity index (χ3v) is 5.29. The van der Waals surface area contributed by atoms with E-state index in [1.54, 1.807) is 0 Å². The summed E-state index contributed by atoms with van der Waals surface area (Å²) in [5.74, 6) is -0.782. The summed E-state index contributed by atoms with van der Waals surface area (Å²) in [6.07, 6.45) is 7.05. The maximum absolute atomic E-state index is 13.7. The van der Waals surface area contributed by atoms with Gasteiger partial charge in [0.25, 0.3) is 5.91 Å². The van der Waals surface area contributed by atoms with Gasteiger partial charge in [-0.05, 0) is 25.3 Å². The molecule has 2 unspecified atom stereocenters. The van der Waals surface area contributed by atoms with Crippen LogP contribution in [-0.4, -0.2) is 28.0 Å². The summed E-state index contributed by atoms with van der Waals surface area (Å²) < 4.78 is 13.7. The lowest BCUT2D eigenvalue weighted by atomic mass is 9.50. The zero-order valence-corrected chi connectivity index (χ0v) is 13.3. The molecule has 1 spiro atoms. The van der Waals surface area contributed by atoms with Crippen molar-refractivity contribution in [2.45, 2.75) is 37.8 Å². The molecule has 23 heavy (non-hydrogen) atoms. The molecule has 122 valence electrons. The van der Waals surface area contributed by atoms with E-state index in [1.165, 1.54) is 24.5 Å². The predicted molar refractivity (Wildman–Crippen MR) is 86.9 cm³/mol. The first-order chi connectivity index (χ1) is 10.6. The second-order valence-corrected chi connectivity index (χ2v) is 6.33. The monoisotopic (exact) mass is 336 g/mol. The molecule has 0 saturated heterocycles. The number of halogens is 2. The number of nitrogens with zero attached hydrogens (tertiary/aromatic N) is 2. The lowest BCUT2D eigenvalue weighted by molar-refractivity contribution is -0.0389. The molecule has 2 aromatic rings. The molecular formula is C16H18ClFN4O. The topological polar surface area (TPSA) is 80.9 Å². The van der Waals surface area contributed by atoms with Gasteiger partial charge in [-0.15, -0.1) is 12.4 Å². The van der Waals surface area contributed by atoms with E-state index in [1.807, 2.05) is 0 Å². The molecule has 7 heteroatoms. The first-order valence-electron chi connectivity index (χ1n) is 7.57. The Bertz CT molecular complexity index is 765. The number of hydrogen-bond acceptors (Lipinski definition) is 4. The first-order valence-corrected chi connectivity index (χ1v) is 7.57. The molecule has 2 fully saturated rings. The maximum Gasteiger partial charge on any atom is 0.253 e. The summed E-state index contributed by atoms with van der Waals surface area (Å²) in [7, 11) is 0. The lowest BCUT2D eigenvalue weighted by Crippen LogP contribution is -2.69. The molecule has 1 aromatic heterocycles. The minimum atomic E-state index is -0.484. The smallest absolute Gasteiger partial charge is 0.253 e. The van der Waals surface area contributed by atoms with Gasteiger partial charge in [0, 0.05) is 36.0 Å². The zero-order chi connectivity index (χ0) is 15.3. The molecule has 0 aliphatic heterocycles. The van der Waals surface area contributed by atoms with Crippen LogP contribution >= 0.6 is 12.4 Å². The Morgan fingerprint density at radius 1 is 1.30 bits per heavy atom. The zero-order valence-electron chi connectivity index (χ0n) is 12.5. The fraction of sp³-hybridized carbons (Fsp3) is 0.438. The van der Waals surface area contributed by atoms with Crippen LogP contribution in [0.4, 0.5) is 4.39 Å². The van der Waals surface area contributed by atoms with E-state index in [4.69, 9.17) is 5.73 Å². The van der Waals surface area contributed by atoms with Crippen molar-refractivity contribution in [3.63, 3.8) is 0 Å². The van der Waals surface area contributed by atoms with Crippen molar-refractivity contribution in [1.29, 1.82) is 0 Å². The van der Waals surface area contributed by atoms with Gasteiger partial charge in [-0.2, -0.15) is 0 Å². The largest absolute Gasteiger partial charge is 0.349 e. The number of carbonyl (C=O) groups is 1. The van der Waals surface area contributed by atoms with Crippen LogP contribution in [-0.2, 0) is 0 Å². The standard InChI is InChI=1S/C16H17FN4O.ClH/c17-9-6-10(14-11(7-9)19-4-5-20-14)15(22)21-13-8-12(18)16(13)2-1-3-16;/h4-7,12-13H,1-3,8,18H2,(H,21,22);1H. The molecule has 2 saturated carbocycles. The Morgan fingerprint density at radius 2 is 2.04 bits per heavy atom. The molecule has 4 rings (SSSR count). The molecular weight excluding hydrogens is 319 g/mol. The maximum atomic E-state index is 13.7. The molecule has 1 heterocycles. The van der Waals surface area contributed by atoms with E-state index < -0.39 is 5.82 Å². The van der Waals surface area contributed by atoms with Crippen molar-refractivity contribution in [2.24, 2.45) is 11.1 Å². The van der Waals surface area contributed by atoms with Crippen LogP contribution in [0.3, 0.4) is 0 Å². The summed E-state index contributed by atoms with van der Waals surface area (Å²) in [4.78, 5) is 20.8. The second kappa shape index (κ2) is 5.69. The predicted octanol–water partition coefficient (Wildman–Crippen LogP) is 2.19. The van der Waals surface area contributed by atoms with Crippen molar-refractivity contribution >= 4 is 29.3 Å². The fourth-order valence-corrected chi connectivity index (χ4v) is 3.78. The Balaban J connectivity index is 0.00000156. The van der Waals surface area contributed by atoms with Crippen molar-refractivity contribution in [3.8, 4) is 0 Å².